The van der Waals surface area contributed by atoms with Crippen molar-refractivity contribution < 1.29 is 34.1 Å². The molecule has 0 nitrogen and oxygen atoms in total. The summed E-state index contributed by atoms with van der Waals surface area (Å²) in [4.78, 5) is 0. The van der Waals surface area contributed by atoms with Gasteiger partial charge in [-0.15, -0.1) is 22.4 Å². The van der Waals surface area contributed by atoms with Crippen LogP contribution >= 0.6 is 17.5 Å². The van der Waals surface area contributed by atoms with Gasteiger partial charge in [-0.1, -0.05) is 0 Å². The van der Waals surface area contributed by atoms with Crippen molar-refractivity contribution in [1.29, 1.82) is 0 Å². The van der Waals surface area contributed by atoms with Crippen molar-refractivity contribution in [2.24, 2.45) is 0 Å². The van der Waals surface area contributed by atoms with Crippen LogP contribution in [0.15, 0.2) is 109 Å². The van der Waals surface area contributed by atoms with Crippen molar-refractivity contribution in [3.05, 3.63) is 109 Å². The first-order chi connectivity index (χ1) is 11.2. The fraction of sp³-hybridized carbons (Fsp3) is 0. The molecule has 0 N–H and O–H groups in total. The van der Waals surface area contributed by atoms with E-state index in [9.17, 15) is 0 Å². The van der Waals surface area contributed by atoms with Gasteiger partial charge in [0.25, 0.3) is 0 Å². The Hall–Kier alpha value is -0.561. The molecule has 0 heterocycles. The van der Waals surface area contributed by atoms with E-state index in [-0.39, 0.29) is 34.1 Å². The monoisotopic (exact) mass is 466 g/mol. The molecule has 4 aromatic rings. The normalized spacial score (nSPS) is 9.32. The maximum absolute atomic E-state index is 5.56. The van der Waals surface area contributed by atoms with E-state index in [1.807, 2.05) is 84.9 Å². The molecule has 0 spiro atoms. The second-order valence-electron chi connectivity index (χ2n) is 4.79. The quantitative estimate of drug-likeness (QED) is 0.183. The van der Waals surface area contributed by atoms with E-state index < -0.39 is 5.24 Å². The molecular weight excluding hydrogens is 447 g/mol. The van der Waals surface area contributed by atoms with Crippen LogP contribution < -0.4 is 10.6 Å². The van der Waals surface area contributed by atoms with Gasteiger partial charge in [0, 0.05) is 0 Å². The molecule has 0 bridgehead atoms. The van der Waals surface area contributed by atoms with E-state index in [0.29, 0.717) is 0 Å². The van der Waals surface area contributed by atoms with Crippen LogP contribution in [0.3, 0.4) is 0 Å². The molecule has 0 fully saturated rings. The van der Waals surface area contributed by atoms with Crippen LogP contribution in [-0.2, 0) is 45.9 Å². The van der Waals surface area contributed by atoms with Crippen LogP contribution in [-0.4, -0.2) is 0 Å². The minimum absolute atomic E-state index is 0. The molecule has 0 radical (unpaired) electrons. The fourth-order valence-corrected chi connectivity index (χ4v) is 4.90. The Morgan fingerprint density at radius 1 is 0.600 bits per heavy atom. The minimum atomic E-state index is -1.77. The summed E-state index contributed by atoms with van der Waals surface area (Å²) in [6.45, 7) is 0. The van der Waals surface area contributed by atoms with Crippen LogP contribution in [0.4, 0.5) is 0 Å². The number of rotatable bonds is 2. The van der Waals surface area contributed by atoms with Gasteiger partial charge in [-0.25, -0.2) is 48.5 Å². The third kappa shape index (κ3) is 8.58. The van der Waals surface area contributed by atoms with Crippen LogP contribution in [0.5, 0.6) is 0 Å². The van der Waals surface area contributed by atoms with Crippen LogP contribution in [0.25, 0.3) is 0 Å². The van der Waals surface area contributed by atoms with Crippen molar-refractivity contribution in [3.8, 4) is 0 Å². The van der Waals surface area contributed by atoms with Gasteiger partial charge in [-0.05, 0) is 5.24 Å². The molecule has 4 aromatic carbocycles. The zero-order valence-corrected chi connectivity index (χ0v) is 18.2. The molecule has 25 heavy (non-hydrogen) atoms. The maximum atomic E-state index is 5.56. The topological polar surface area (TPSA) is 0 Å². The predicted molar refractivity (Wildman–Crippen MR) is 111 cm³/mol. The summed E-state index contributed by atoms with van der Waals surface area (Å²) in [5.74, 6) is 0. The molecule has 0 aliphatic rings. The van der Waals surface area contributed by atoms with Gasteiger partial charge in [0.05, 0.1) is 0 Å². The Kier molecular flexibility index (Phi) is 13.3. The van der Waals surface area contributed by atoms with Gasteiger partial charge >= 0.3 is 34.1 Å². The van der Waals surface area contributed by atoms with E-state index >= 15 is 0 Å². The van der Waals surface area contributed by atoms with E-state index in [1.165, 1.54) is 10.6 Å². The molecule has 132 valence electrons. The molecule has 0 saturated heterocycles. The van der Waals surface area contributed by atoms with Crippen molar-refractivity contribution in [2.75, 3.05) is 0 Å². The Bertz CT molecular complexity index is 657. The zero-order valence-electron chi connectivity index (χ0n) is 13.4. The summed E-state index contributed by atoms with van der Waals surface area (Å²) < 4.78 is 0. The van der Waals surface area contributed by atoms with Gasteiger partial charge in [0.15, 0.2) is 0 Å². The summed E-state index contributed by atoms with van der Waals surface area (Å²) in [7, 11) is 0. The average Bonchev–Trinajstić information content (AvgIpc) is 3.44. The Morgan fingerprint density at radius 3 is 1.08 bits per heavy atom. The van der Waals surface area contributed by atoms with Gasteiger partial charge < -0.3 is 0 Å². The Balaban J connectivity index is 0.000000400. The fourth-order valence-electron chi connectivity index (χ4n) is 1.92. The van der Waals surface area contributed by atoms with Crippen molar-refractivity contribution in [1.82, 2.24) is 0 Å². The molecule has 0 aliphatic carbocycles. The van der Waals surface area contributed by atoms with Crippen LogP contribution in [0.1, 0.15) is 0 Å². The van der Waals surface area contributed by atoms with Crippen molar-refractivity contribution >= 4 is 39.9 Å². The smallest absolute Gasteiger partial charge is 0.214 e. The molecular formula is C20H19Fe2PS2. The molecule has 0 aliphatic heterocycles. The van der Waals surface area contributed by atoms with E-state index in [4.69, 9.17) is 11.8 Å². The number of hydrogen-bond acceptors (Lipinski definition) is 1. The molecule has 0 aromatic heterocycles. The molecule has 0 unspecified atom stereocenters. The van der Waals surface area contributed by atoms with Gasteiger partial charge in [-0.3, -0.25) is 0 Å². The van der Waals surface area contributed by atoms with Crippen molar-refractivity contribution in [2.45, 2.75) is 0 Å². The molecule has 0 amide bonds. The number of hydrogen-bond donors (Lipinski definition) is 1. The van der Waals surface area contributed by atoms with Crippen molar-refractivity contribution in [3.63, 3.8) is 0 Å². The zero-order chi connectivity index (χ0) is 16.4. The van der Waals surface area contributed by atoms with Gasteiger partial charge in [0.2, 0.25) is 0 Å². The van der Waals surface area contributed by atoms with E-state index in [1.54, 1.807) is 0 Å². The van der Waals surface area contributed by atoms with Gasteiger partial charge in [0.1, 0.15) is 0 Å². The molecule has 5 heteroatoms. The standard InChI is InChI=1S/C10H9PS2.2C5H5.2Fe/c12-11(13,9-5-1-2-6-9)10-7-3-4-8-10;2*1-2-4-5-3-1;;/h1-8H,(H,12,13);2*1-5H;;/q-2;2*-1;2*+2. The first-order valence-corrected chi connectivity index (χ1v) is 11.3. The van der Waals surface area contributed by atoms with Crippen LogP contribution in [0.2, 0.25) is 0 Å². The van der Waals surface area contributed by atoms with Gasteiger partial charge in [-0.2, -0.15) is 72.9 Å². The summed E-state index contributed by atoms with van der Waals surface area (Å²) in [5.41, 5.74) is 0. The van der Waals surface area contributed by atoms with Crippen LogP contribution in [0, 0.1) is 0 Å². The largest absolute Gasteiger partial charge is 2.00 e. The third-order valence-corrected chi connectivity index (χ3v) is 7.75. The first-order valence-electron chi connectivity index (χ1n) is 7.32. The Labute approximate surface area is 182 Å². The van der Waals surface area contributed by atoms with E-state index in [0.717, 1.165) is 0 Å². The predicted octanol–water partition coefficient (Wildman–Crippen LogP) is 5.21. The second-order valence-corrected chi connectivity index (χ2v) is 11.2. The summed E-state index contributed by atoms with van der Waals surface area (Å²) in [5, 5.41) is 0.582. The SMILES string of the molecule is S=P(S)([c-]1cccc1)[c-]1cccc1.[Fe+2].[Fe+2].c1cc[cH-]c1.c1cc[cH-]c1. The summed E-state index contributed by atoms with van der Waals surface area (Å²) >= 11 is 10.2. The Morgan fingerprint density at radius 2 is 0.880 bits per heavy atom. The molecule has 0 saturated carbocycles. The summed E-state index contributed by atoms with van der Waals surface area (Å²) in [6, 6.07) is 36.3. The average molecular weight is 466 g/mol. The maximum Gasteiger partial charge on any atom is 2.00 e. The first kappa shape index (κ1) is 24.4. The molecule has 0 atom stereocenters. The van der Waals surface area contributed by atoms with E-state index in [2.05, 4.69) is 36.5 Å². The second kappa shape index (κ2) is 13.6. The summed E-state index contributed by atoms with van der Waals surface area (Å²) in [6.07, 6.45) is 0. The third-order valence-electron chi connectivity index (χ3n) is 3.10. The minimum Gasteiger partial charge on any atom is -0.214 e. The number of thiol groups is 1. The molecule has 4 rings (SSSR count).